The summed E-state index contributed by atoms with van der Waals surface area (Å²) in [5.74, 6) is 0. The molecule has 0 aliphatic rings. The summed E-state index contributed by atoms with van der Waals surface area (Å²) >= 11 is 5.55. The minimum absolute atomic E-state index is 0.0255. The van der Waals surface area contributed by atoms with E-state index in [4.69, 9.17) is 11.6 Å². The number of hydrogen-bond donors (Lipinski definition) is 0. The van der Waals surface area contributed by atoms with Crippen LogP contribution in [0.25, 0.3) is 0 Å². The molecule has 0 saturated carbocycles. The standard InChI is InChI=1S/C5H13ClSi/c1-5(2,3)7-4-6/h4,7H2,1-3H3. The van der Waals surface area contributed by atoms with E-state index in [1.165, 1.54) is 0 Å². The summed E-state index contributed by atoms with van der Waals surface area (Å²) < 4.78 is 0. The zero-order valence-corrected chi connectivity index (χ0v) is 7.46. The van der Waals surface area contributed by atoms with E-state index in [-0.39, 0.29) is 9.52 Å². The highest BCUT2D eigenvalue weighted by Gasteiger charge is 2.07. The third-order valence-electron chi connectivity index (χ3n) is 0.844. The lowest BCUT2D eigenvalue weighted by Crippen LogP contribution is -2.08. The second-order valence-corrected chi connectivity index (χ2v) is 7.13. The van der Waals surface area contributed by atoms with Gasteiger partial charge in [0.05, 0.1) is 0 Å². The molecule has 0 aromatic heterocycles. The minimum Gasteiger partial charge on any atom is -0.131 e. The number of halogens is 1. The Labute approximate surface area is 53.1 Å². The molecule has 0 nitrogen and oxygen atoms in total. The third-order valence-corrected chi connectivity index (χ3v) is 3.10. The topological polar surface area (TPSA) is 0 Å². The highest BCUT2D eigenvalue weighted by molar-refractivity contribution is 6.52. The Hall–Kier alpha value is 0.507. The maximum Gasteiger partial charge on any atom is 0.0437 e. The first-order chi connectivity index (χ1) is 3.06. The molecule has 44 valence electrons. The summed E-state index contributed by atoms with van der Waals surface area (Å²) in [5, 5.41) is 0.557. The molecule has 0 fully saturated rings. The van der Waals surface area contributed by atoms with Gasteiger partial charge in [-0.15, -0.1) is 11.6 Å². The van der Waals surface area contributed by atoms with Crippen molar-refractivity contribution in [1.82, 2.24) is 0 Å². The van der Waals surface area contributed by atoms with Gasteiger partial charge < -0.3 is 0 Å². The molecular weight excluding hydrogens is 124 g/mol. The van der Waals surface area contributed by atoms with E-state index < -0.39 is 0 Å². The lowest BCUT2D eigenvalue weighted by molar-refractivity contribution is 0.755. The largest absolute Gasteiger partial charge is 0.131 e. The molecule has 0 radical (unpaired) electrons. The van der Waals surface area contributed by atoms with E-state index in [0.717, 1.165) is 5.50 Å². The van der Waals surface area contributed by atoms with Crippen LogP contribution in [0.1, 0.15) is 20.8 Å². The Morgan fingerprint density at radius 1 is 1.43 bits per heavy atom. The van der Waals surface area contributed by atoms with Gasteiger partial charge in [0.15, 0.2) is 0 Å². The first-order valence-electron chi connectivity index (χ1n) is 2.62. The summed E-state index contributed by atoms with van der Waals surface area (Å²) in [6, 6.07) is 0. The molecule has 7 heavy (non-hydrogen) atoms. The van der Waals surface area contributed by atoms with E-state index in [0.29, 0.717) is 5.04 Å². The average Bonchev–Trinajstić information content (AvgIpc) is 1.30. The van der Waals surface area contributed by atoms with Crippen molar-refractivity contribution in [3.8, 4) is 0 Å². The van der Waals surface area contributed by atoms with Crippen LogP contribution in [0.5, 0.6) is 0 Å². The molecule has 0 bridgehead atoms. The lowest BCUT2D eigenvalue weighted by atomic mass is 10.3. The van der Waals surface area contributed by atoms with Crippen LogP contribution in [-0.2, 0) is 0 Å². The van der Waals surface area contributed by atoms with Crippen LogP contribution >= 0.6 is 11.6 Å². The van der Waals surface area contributed by atoms with Crippen LogP contribution in [0, 0.1) is 0 Å². The van der Waals surface area contributed by atoms with Crippen molar-refractivity contribution in [1.29, 1.82) is 0 Å². The van der Waals surface area contributed by atoms with Gasteiger partial charge in [-0.05, 0) is 5.04 Å². The molecule has 0 aliphatic heterocycles. The maximum atomic E-state index is 5.55. The molecule has 0 aromatic rings. The molecule has 0 spiro atoms. The van der Waals surface area contributed by atoms with E-state index >= 15 is 0 Å². The van der Waals surface area contributed by atoms with Gasteiger partial charge in [-0.1, -0.05) is 20.8 Å². The molecule has 0 heterocycles. The quantitative estimate of drug-likeness (QED) is 0.379. The third kappa shape index (κ3) is 6.51. The van der Waals surface area contributed by atoms with Gasteiger partial charge in [0.25, 0.3) is 0 Å². The molecule has 2 heteroatoms. The van der Waals surface area contributed by atoms with Gasteiger partial charge in [0, 0.05) is 15.0 Å². The molecule has 0 aliphatic carbocycles. The predicted molar refractivity (Wildman–Crippen MR) is 39.0 cm³/mol. The Morgan fingerprint density at radius 2 is 1.86 bits per heavy atom. The Balaban J connectivity index is 3.15. The fraction of sp³-hybridized carbons (Fsp3) is 1.00. The zero-order valence-electron chi connectivity index (χ0n) is 5.29. The van der Waals surface area contributed by atoms with Crippen LogP contribution < -0.4 is 0 Å². The van der Waals surface area contributed by atoms with Crippen molar-refractivity contribution in [3.63, 3.8) is 0 Å². The average molecular weight is 137 g/mol. The Bertz CT molecular complexity index is 46.5. The van der Waals surface area contributed by atoms with E-state index in [9.17, 15) is 0 Å². The summed E-state index contributed by atoms with van der Waals surface area (Å²) in [7, 11) is 0.0255. The number of alkyl halides is 1. The van der Waals surface area contributed by atoms with Crippen LogP contribution in [-0.4, -0.2) is 15.0 Å². The van der Waals surface area contributed by atoms with Crippen LogP contribution in [0.4, 0.5) is 0 Å². The first-order valence-corrected chi connectivity index (χ1v) is 4.86. The maximum absolute atomic E-state index is 5.55. The van der Waals surface area contributed by atoms with Crippen molar-refractivity contribution in [2.75, 3.05) is 5.50 Å². The summed E-state index contributed by atoms with van der Waals surface area (Å²) in [4.78, 5) is 0. The van der Waals surface area contributed by atoms with Gasteiger partial charge >= 0.3 is 0 Å². The number of hydrogen-bond acceptors (Lipinski definition) is 0. The first kappa shape index (κ1) is 7.51. The molecule has 0 aromatic carbocycles. The summed E-state index contributed by atoms with van der Waals surface area (Å²) in [6.07, 6.45) is 0. The molecular formula is C5H13ClSi. The monoisotopic (exact) mass is 136 g/mol. The number of rotatable bonds is 1. The fourth-order valence-electron chi connectivity index (χ4n) is 0.283. The van der Waals surface area contributed by atoms with Gasteiger partial charge in [-0.25, -0.2) is 0 Å². The van der Waals surface area contributed by atoms with Crippen molar-refractivity contribution in [3.05, 3.63) is 0 Å². The van der Waals surface area contributed by atoms with Crippen LogP contribution in [0.15, 0.2) is 0 Å². The molecule has 0 atom stereocenters. The van der Waals surface area contributed by atoms with Crippen molar-refractivity contribution in [2.45, 2.75) is 25.8 Å². The van der Waals surface area contributed by atoms with Crippen molar-refractivity contribution >= 4 is 21.1 Å². The zero-order chi connectivity index (χ0) is 5.91. The predicted octanol–water partition coefficient (Wildman–Crippen LogP) is 1.57. The smallest absolute Gasteiger partial charge is 0.0437 e. The summed E-state index contributed by atoms with van der Waals surface area (Å²) in [5.41, 5.74) is 0.920. The Kier molecular flexibility index (Phi) is 2.92. The van der Waals surface area contributed by atoms with Gasteiger partial charge in [-0.2, -0.15) is 0 Å². The van der Waals surface area contributed by atoms with Gasteiger partial charge in [-0.3, -0.25) is 0 Å². The van der Waals surface area contributed by atoms with E-state index in [1.807, 2.05) is 0 Å². The van der Waals surface area contributed by atoms with Crippen LogP contribution in [0.3, 0.4) is 0 Å². The molecule has 0 N–H and O–H groups in total. The lowest BCUT2D eigenvalue weighted by Gasteiger charge is -2.13. The normalized spacial score (nSPS) is 13.7. The molecule has 0 unspecified atom stereocenters. The minimum atomic E-state index is 0.0255. The van der Waals surface area contributed by atoms with Gasteiger partial charge in [0.2, 0.25) is 0 Å². The highest BCUT2D eigenvalue weighted by atomic mass is 35.5. The molecule has 0 saturated heterocycles. The second-order valence-electron chi connectivity index (χ2n) is 3.00. The Morgan fingerprint density at radius 3 is 1.86 bits per heavy atom. The van der Waals surface area contributed by atoms with Crippen molar-refractivity contribution < 1.29 is 0 Å². The summed E-state index contributed by atoms with van der Waals surface area (Å²) in [6.45, 7) is 6.75. The fourth-order valence-corrected chi connectivity index (χ4v) is 2.55. The van der Waals surface area contributed by atoms with Gasteiger partial charge in [0.1, 0.15) is 0 Å². The van der Waals surface area contributed by atoms with E-state index in [2.05, 4.69) is 20.8 Å². The second kappa shape index (κ2) is 2.73. The van der Waals surface area contributed by atoms with Crippen molar-refractivity contribution in [2.24, 2.45) is 0 Å². The highest BCUT2D eigenvalue weighted by Crippen LogP contribution is 2.19. The van der Waals surface area contributed by atoms with E-state index in [1.54, 1.807) is 0 Å². The van der Waals surface area contributed by atoms with Crippen LogP contribution in [0.2, 0.25) is 5.04 Å². The molecule has 0 rings (SSSR count). The molecule has 0 amide bonds. The SMILES string of the molecule is CC(C)(C)[SiH2]CCl.